The monoisotopic (exact) mass is 509 g/mol. The average Bonchev–Trinajstić information content (AvgIpc) is 3.32. The molecule has 1 atom stereocenters. The van der Waals surface area contributed by atoms with Crippen LogP contribution in [0.5, 0.6) is 0 Å². The van der Waals surface area contributed by atoms with Gasteiger partial charge in [0.2, 0.25) is 15.9 Å². The van der Waals surface area contributed by atoms with Crippen LogP contribution in [0.25, 0.3) is 11.3 Å². The first-order valence-electron chi connectivity index (χ1n) is 10.6. The zero-order valence-electron chi connectivity index (χ0n) is 17.9. The van der Waals surface area contributed by atoms with Crippen molar-refractivity contribution in [2.24, 2.45) is 0 Å². The number of halogens is 1. The molecule has 0 aliphatic carbocycles. The van der Waals surface area contributed by atoms with Gasteiger partial charge in [-0.2, -0.15) is 4.31 Å². The molecular weight excluding hydrogens is 490 g/mol. The normalized spacial score (nSPS) is 16.1. The minimum absolute atomic E-state index is 0.0923. The van der Waals surface area contributed by atoms with Crippen molar-refractivity contribution in [2.75, 3.05) is 5.32 Å². The summed E-state index contributed by atoms with van der Waals surface area (Å²) in [4.78, 5) is 18.0. The number of fused-ring (bicyclic) bond motifs is 1. The third kappa shape index (κ3) is 4.50. The SMILES string of the molecule is O=C(Nc1nc(-c2ccccc2)cs1)[C@H]1Cc2ccccc2CN1S(=O)(=O)c1ccc(Cl)cc1. The van der Waals surface area contributed by atoms with E-state index in [0.29, 0.717) is 10.2 Å². The third-order valence-corrected chi connectivity index (χ3v) is 8.61. The molecule has 1 aromatic heterocycles. The summed E-state index contributed by atoms with van der Waals surface area (Å²) in [7, 11) is -3.95. The molecule has 1 amide bonds. The van der Waals surface area contributed by atoms with E-state index in [-0.39, 0.29) is 17.9 Å². The summed E-state index contributed by atoms with van der Waals surface area (Å²) >= 11 is 7.26. The Morgan fingerprint density at radius 3 is 2.38 bits per heavy atom. The van der Waals surface area contributed by atoms with E-state index < -0.39 is 22.0 Å². The second kappa shape index (κ2) is 9.31. The van der Waals surface area contributed by atoms with Gasteiger partial charge in [-0.15, -0.1) is 11.3 Å². The second-order valence-corrected chi connectivity index (χ2v) is 11.1. The summed E-state index contributed by atoms with van der Waals surface area (Å²) < 4.78 is 28.4. The summed E-state index contributed by atoms with van der Waals surface area (Å²) in [5.41, 5.74) is 3.53. The number of thiazole rings is 1. The minimum Gasteiger partial charge on any atom is -0.301 e. The predicted molar refractivity (Wildman–Crippen MR) is 134 cm³/mol. The average molecular weight is 510 g/mol. The second-order valence-electron chi connectivity index (χ2n) is 7.89. The number of benzene rings is 3. The molecule has 1 aliphatic rings. The van der Waals surface area contributed by atoms with Crippen LogP contribution in [0.4, 0.5) is 5.13 Å². The van der Waals surface area contributed by atoms with Crippen molar-refractivity contribution in [3.05, 3.63) is 100 Å². The van der Waals surface area contributed by atoms with Crippen LogP contribution in [-0.4, -0.2) is 29.7 Å². The minimum atomic E-state index is -3.95. The molecule has 6 nitrogen and oxygen atoms in total. The van der Waals surface area contributed by atoms with Crippen molar-refractivity contribution < 1.29 is 13.2 Å². The number of carbonyl (C=O) groups excluding carboxylic acids is 1. The van der Waals surface area contributed by atoms with Gasteiger partial charge in [-0.25, -0.2) is 13.4 Å². The number of rotatable bonds is 5. The number of sulfonamides is 1. The Bertz CT molecular complexity index is 1440. The number of nitrogens with one attached hydrogen (secondary N) is 1. The lowest BCUT2D eigenvalue weighted by atomic mass is 9.95. The van der Waals surface area contributed by atoms with Crippen LogP contribution < -0.4 is 5.32 Å². The first kappa shape index (κ1) is 22.7. The highest BCUT2D eigenvalue weighted by Gasteiger charge is 2.39. The fourth-order valence-electron chi connectivity index (χ4n) is 3.98. The molecule has 0 radical (unpaired) electrons. The smallest absolute Gasteiger partial charge is 0.244 e. The molecule has 0 bridgehead atoms. The van der Waals surface area contributed by atoms with E-state index in [1.54, 1.807) is 0 Å². The highest BCUT2D eigenvalue weighted by molar-refractivity contribution is 7.89. The maximum Gasteiger partial charge on any atom is 0.244 e. The van der Waals surface area contributed by atoms with E-state index >= 15 is 0 Å². The molecule has 1 aliphatic heterocycles. The van der Waals surface area contributed by atoms with E-state index in [9.17, 15) is 13.2 Å². The summed E-state index contributed by atoms with van der Waals surface area (Å²) in [5.74, 6) is -0.416. The molecular formula is C25H20ClN3O3S2. The Hall–Kier alpha value is -3.04. The first-order chi connectivity index (χ1) is 16.4. The molecule has 0 saturated heterocycles. The lowest BCUT2D eigenvalue weighted by molar-refractivity contribution is -0.120. The molecule has 0 saturated carbocycles. The highest BCUT2D eigenvalue weighted by atomic mass is 35.5. The number of aromatic nitrogens is 1. The molecule has 4 aromatic rings. The summed E-state index contributed by atoms with van der Waals surface area (Å²) in [5, 5.41) is 5.56. The van der Waals surface area contributed by atoms with E-state index in [0.717, 1.165) is 22.4 Å². The number of hydrogen-bond acceptors (Lipinski definition) is 5. The molecule has 5 rings (SSSR count). The fraction of sp³-hybridized carbons (Fsp3) is 0.120. The number of nitrogens with zero attached hydrogens (tertiary/aromatic N) is 2. The van der Waals surface area contributed by atoms with Crippen molar-refractivity contribution >= 4 is 44.0 Å². The fourth-order valence-corrected chi connectivity index (χ4v) is 6.39. The molecule has 2 heterocycles. The van der Waals surface area contributed by atoms with Crippen LogP contribution >= 0.6 is 22.9 Å². The molecule has 0 spiro atoms. The lowest BCUT2D eigenvalue weighted by Gasteiger charge is -2.34. The molecule has 34 heavy (non-hydrogen) atoms. The van der Waals surface area contributed by atoms with Crippen molar-refractivity contribution in [1.29, 1.82) is 0 Å². The Morgan fingerprint density at radius 1 is 0.971 bits per heavy atom. The largest absolute Gasteiger partial charge is 0.301 e. The van der Waals surface area contributed by atoms with Gasteiger partial charge in [0.15, 0.2) is 5.13 Å². The lowest BCUT2D eigenvalue weighted by Crippen LogP contribution is -2.50. The number of anilines is 1. The molecule has 3 aromatic carbocycles. The van der Waals surface area contributed by atoms with E-state index in [2.05, 4.69) is 10.3 Å². The van der Waals surface area contributed by atoms with Crippen LogP contribution in [-0.2, 0) is 27.8 Å². The number of carbonyl (C=O) groups is 1. The Kier molecular flexibility index (Phi) is 6.22. The van der Waals surface area contributed by atoms with Crippen LogP contribution in [0.15, 0.2) is 89.1 Å². The predicted octanol–water partition coefficient (Wildman–Crippen LogP) is 5.22. The molecule has 0 fully saturated rings. The van der Waals surface area contributed by atoms with Crippen molar-refractivity contribution in [3.63, 3.8) is 0 Å². The first-order valence-corrected chi connectivity index (χ1v) is 13.3. The van der Waals surface area contributed by atoms with Crippen LogP contribution in [0, 0.1) is 0 Å². The van der Waals surface area contributed by atoms with Crippen molar-refractivity contribution in [3.8, 4) is 11.3 Å². The summed E-state index contributed by atoms with van der Waals surface area (Å²) in [6.45, 7) is 0.104. The maximum atomic E-state index is 13.6. The van der Waals surface area contributed by atoms with Crippen molar-refractivity contribution in [2.45, 2.75) is 23.9 Å². The van der Waals surface area contributed by atoms with Gasteiger partial charge < -0.3 is 5.32 Å². The van der Waals surface area contributed by atoms with Crippen LogP contribution in [0.1, 0.15) is 11.1 Å². The summed E-state index contributed by atoms with van der Waals surface area (Å²) in [6, 6.07) is 22.3. The van der Waals surface area contributed by atoms with Crippen LogP contribution in [0.2, 0.25) is 5.02 Å². The van der Waals surface area contributed by atoms with Gasteiger partial charge in [-0.1, -0.05) is 66.2 Å². The Balaban J connectivity index is 1.45. The Morgan fingerprint density at radius 2 is 1.65 bits per heavy atom. The van der Waals surface area contributed by atoms with Crippen molar-refractivity contribution in [1.82, 2.24) is 9.29 Å². The quantitative estimate of drug-likeness (QED) is 0.400. The highest BCUT2D eigenvalue weighted by Crippen LogP contribution is 2.31. The van der Waals surface area contributed by atoms with Crippen LogP contribution in [0.3, 0.4) is 0 Å². The van der Waals surface area contributed by atoms with Gasteiger partial charge >= 0.3 is 0 Å². The topological polar surface area (TPSA) is 79.4 Å². The standard InChI is InChI=1S/C25H20ClN3O3S2/c26-20-10-12-21(13-11-20)34(31,32)29-15-19-9-5-4-8-18(19)14-23(29)24(30)28-25-27-22(16-33-25)17-6-2-1-3-7-17/h1-13,16,23H,14-15H2,(H,27,28,30)/t23-/m1/s1. The zero-order valence-corrected chi connectivity index (χ0v) is 20.3. The van der Waals surface area contributed by atoms with E-state index in [4.69, 9.17) is 11.6 Å². The zero-order chi connectivity index (χ0) is 23.7. The maximum absolute atomic E-state index is 13.6. The van der Waals surface area contributed by atoms with E-state index in [1.807, 2.05) is 60.0 Å². The van der Waals surface area contributed by atoms with Gasteiger partial charge in [0.1, 0.15) is 6.04 Å². The van der Waals surface area contributed by atoms with Gasteiger partial charge in [-0.05, 0) is 41.8 Å². The van der Waals surface area contributed by atoms with Gasteiger partial charge in [-0.3, -0.25) is 4.79 Å². The van der Waals surface area contributed by atoms with Gasteiger partial charge in [0.05, 0.1) is 10.6 Å². The van der Waals surface area contributed by atoms with Gasteiger partial charge in [0, 0.05) is 22.5 Å². The molecule has 0 unspecified atom stereocenters. The molecule has 1 N–H and O–H groups in total. The molecule has 172 valence electrons. The number of amides is 1. The summed E-state index contributed by atoms with van der Waals surface area (Å²) in [6.07, 6.45) is 0.270. The number of hydrogen-bond donors (Lipinski definition) is 1. The molecule has 9 heteroatoms. The van der Waals surface area contributed by atoms with Gasteiger partial charge in [0.25, 0.3) is 0 Å². The third-order valence-electron chi connectivity index (χ3n) is 5.73. The Labute approximate surface area is 206 Å². The van der Waals surface area contributed by atoms with E-state index in [1.165, 1.54) is 39.9 Å².